The Labute approximate surface area is 195 Å². The molecule has 3 aromatic rings. The highest BCUT2D eigenvalue weighted by atomic mass is 16.5. The summed E-state index contributed by atoms with van der Waals surface area (Å²) in [5, 5.41) is 3.03. The fraction of sp³-hybridized carbons (Fsp3) is 0.286. The molecule has 33 heavy (non-hydrogen) atoms. The second-order valence-electron chi connectivity index (χ2n) is 8.55. The van der Waals surface area contributed by atoms with E-state index in [2.05, 4.69) is 29.6 Å². The van der Waals surface area contributed by atoms with Crippen LogP contribution in [0.1, 0.15) is 29.3 Å². The molecule has 1 aliphatic heterocycles. The molecule has 0 aliphatic carbocycles. The molecule has 1 N–H and O–H groups in total. The van der Waals surface area contributed by atoms with Crippen molar-refractivity contribution in [3.63, 3.8) is 0 Å². The highest BCUT2D eigenvalue weighted by Crippen LogP contribution is 2.38. The molecule has 1 heterocycles. The molecule has 1 atom stereocenters. The van der Waals surface area contributed by atoms with Gasteiger partial charge in [-0.2, -0.15) is 0 Å². The van der Waals surface area contributed by atoms with E-state index in [9.17, 15) is 9.59 Å². The maximum absolute atomic E-state index is 13.4. The van der Waals surface area contributed by atoms with Crippen LogP contribution in [0, 0.1) is 5.41 Å². The van der Waals surface area contributed by atoms with Crippen LogP contribution in [-0.2, 0) is 11.2 Å². The molecule has 2 amide bonds. The first-order valence-corrected chi connectivity index (χ1v) is 11.4. The standard InChI is InChI=1S/C28H30N2O3/c1-3-29-27(32)28(19-23-12-7-8-15-25(23)21-10-5-4-6-11-21)16-17-30(20-28)26(31)22-13-9-14-24(18-22)33-2/h4-15,18H,3,16-17,19-20H2,1-2H3,(H,29,32)/t28-/m0/s1. The Morgan fingerprint density at radius 1 is 1.00 bits per heavy atom. The number of methoxy groups -OCH3 is 1. The van der Waals surface area contributed by atoms with Crippen molar-refractivity contribution < 1.29 is 14.3 Å². The lowest BCUT2D eigenvalue weighted by Gasteiger charge is -2.29. The Hall–Kier alpha value is -3.60. The monoisotopic (exact) mass is 442 g/mol. The van der Waals surface area contributed by atoms with Crippen LogP contribution in [0.15, 0.2) is 78.9 Å². The van der Waals surface area contributed by atoms with Gasteiger partial charge in [0.15, 0.2) is 0 Å². The third-order valence-corrected chi connectivity index (χ3v) is 6.41. The first-order chi connectivity index (χ1) is 16.1. The Balaban J connectivity index is 1.64. The average Bonchev–Trinajstić information content (AvgIpc) is 3.30. The number of benzene rings is 3. The second-order valence-corrected chi connectivity index (χ2v) is 8.55. The van der Waals surface area contributed by atoms with Gasteiger partial charge in [-0.25, -0.2) is 0 Å². The van der Waals surface area contributed by atoms with Crippen molar-refractivity contribution in [2.45, 2.75) is 19.8 Å². The van der Waals surface area contributed by atoms with Gasteiger partial charge in [-0.15, -0.1) is 0 Å². The smallest absolute Gasteiger partial charge is 0.254 e. The van der Waals surface area contributed by atoms with Crippen LogP contribution in [0.3, 0.4) is 0 Å². The quantitative estimate of drug-likeness (QED) is 0.583. The summed E-state index contributed by atoms with van der Waals surface area (Å²) in [7, 11) is 1.59. The zero-order valence-electron chi connectivity index (χ0n) is 19.2. The van der Waals surface area contributed by atoms with Gasteiger partial charge < -0.3 is 15.0 Å². The van der Waals surface area contributed by atoms with Gasteiger partial charge in [-0.05, 0) is 54.7 Å². The fourth-order valence-corrected chi connectivity index (χ4v) is 4.68. The van der Waals surface area contributed by atoms with Gasteiger partial charge in [-0.1, -0.05) is 60.7 Å². The third kappa shape index (κ3) is 4.77. The highest BCUT2D eigenvalue weighted by molar-refractivity contribution is 5.96. The molecular formula is C28H30N2O3. The molecule has 5 nitrogen and oxygen atoms in total. The molecular weight excluding hydrogens is 412 g/mol. The van der Waals surface area contributed by atoms with Crippen LogP contribution in [-0.4, -0.2) is 43.5 Å². The first kappa shape index (κ1) is 22.6. The van der Waals surface area contributed by atoms with Crippen LogP contribution in [0.4, 0.5) is 0 Å². The maximum atomic E-state index is 13.4. The number of carbonyl (C=O) groups excluding carboxylic acids is 2. The van der Waals surface area contributed by atoms with Gasteiger partial charge in [0.1, 0.15) is 5.75 Å². The lowest BCUT2D eigenvalue weighted by Crippen LogP contribution is -2.45. The summed E-state index contributed by atoms with van der Waals surface area (Å²) >= 11 is 0. The van der Waals surface area contributed by atoms with Gasteiger partial charge in [0, 0.05) is 25.2 Å². The summed E-state index contributed by atoms with van der Waals surface area (Å²) in [5.74, 6) is 0.581. The van der Waals surface area contributed by atoms with Crippen molar-refractivity contribution in [2.24, 2.45) is 5.41 Å². The Morgan fingerprint density at radius 3 is 2.52 bits per heavy atom. The lowest BCUT2D eigenvalue weighted by atomic mass is 9.78. The zero-order chi connectivity index (χ0) is 23.3. The fourth-order valence-electron chi connectivity index (χ4n) is 4.68. The largest absolute Gasteiger partial charge is 0.497 e. The Bertz CT molecular complexity index is 1130. The maximum Gasteiger partial charge on any atom is 0.254 e. The van der Waals surface area contributed by atoms with E-state index in [0.29, 0.717) is 43.8 Å². The van der Waals surface area contributed by atoms with Gasteiger partial charge >= 0.3 is 0 Å². The molecule has 5 heteroatoms. The van der Waals surface area contributed by atoms with Crippen molar-refractivity contribution >= 4 is 11.8 Å². The van der Waals surface area contributed by atoms with Crippen molar-refractivity contribution in [1.82, 2.24) is 10.2 Å². The van der Waals surface area contributed by atoms with Crippen molar-refractivity contribution in [1.29, 1.82) is 0 Å². The molecule has 4 rings (SSSR count). The molecule has 1 aliphatic rings. The summed E-state index contributed by atoms with van der Waals surface area (Å²) in [6.07, 6.45) is 1.20. The number of amides is 2. The van der Waals surface area contributed by atoms with Crippen LogP contribution in [0.25, 0.3) is 11.1 Å². The number of carbonyl (C=O) groups is 2. The van der Waals surface area contributed by atoms with Crippen molar-refractivity contribution in [2.75, 3.05) is 26.7 Å². The molecule has 0 bridgehead atoms. The van der Waals surface area contributed by atoms with Crippen LogP contribution >= 0.6 is 0 Å². The minimum Gasteiger partial charge on any atom is -0.497 e. The first-order valence-electron chi connectivity index (χ1n) is 11.4. The van der Waals surface area contributed by atoms with E-state index in [4.69, 9.17) is 4.74 Å². The van der Waals surface area contributed by atoms with E-state index >= 15 is 0 Å². The minimum atomic E-state index is -0.671. The van der Waals surface area contributed by atoms with Gasteiger partial charge in [0.2, 0.25) is 5.91 Å². The number of nitrogens with zero attached hydrogens (tertiary/aromatic N) is 1. The van der Waals surface area contributed by atoms with Crippen LogP contribution in [0.5, 0.6) is 5.75 Å². The number of nitrogens with one attached hydrogen (secondary N) is 1. The van der Waals surface area contributed by atoms with E-state index in [1.54, 1.807) is 24.1 Å². The van der Waals surface area contributed by atoms with Crippen molar-refractivity contribution in [3.8, 4) is 16.9 Å². The van der Waals surface area contributed by atoms with E-state index < -0.39 is 5.41 Å². The third-order valence-electron chi connectivity index (χ3n) is 6.41. The normalized spacial score (nSPS) is 17.6. The number of rotatable bonds is 7. The lowest BCUT2D eigenvalue weighted by molar-refractivity contribution is -0.130. The summed E-state index contributed by atoms with van der Waals surface area (Å²) in [6, 6.07) is 25.6. The molecule has 170 valence electrons. The van der Waals surface area contributed by atoms with E-state index in [0.717, 1.165) is 16.7 Å². The predicted molar refractivity (Wildman–Crippen MR) is 130 cm³/mol. The predicted octanol–water partition coefficient (Wildman–Crippen LogP) is 4.57. The summed E-state index contributed by atoms with van der Waals surface area (Å²) < 4.78 is 5.28. The molecule has 0 radical (unpaired) electrons. The highest BCUT2D eigenvalue weighted by Gasteiger charge is 2.46. The number of hydrogen-bond acceptors (Lipinski definition) is 3. The SMILES string of the molecule is CCNC(=O)[C@]1(Cc2ccccc2-c2ccccc2)CCN(C(=O)c2cccc(OC)c2)C1. The summed E-state index contributed by atoms with van der Waals surface area (Å²) in [4.78, 5) is 28.4. The second kappa shape index (κ2) is 9.90. The zero-order valence-corrected chi connectivity index (χ0v) is 19.2. The molecule has 3 aromatic carbocycles. The molecule has 0 aromatic heterocycles. The summed E-state index contributed by atoms with van der Waals surface area (Å²) in [5.41, 5.74) is 3.27. The number of hydrogen-bond donors (Lipinski definition) is 1. The van der Waals surface area contributed by atoms with Gasteiger partial charge in [0.05, 0.1) is 12.5 Å². The van der Waals surface area contributed by atoms with Gasteiger partial charge in [0.25, 0.3) is 5.91 Å². The number of likely N-dealkylation sites (tertiary alicyclic amines) is 1. The Kier molecular flexibility index (Phi) is 6.78. The molecule has 0 saturated carbocycles. The van der Waals surface area contributed by atoms with E-state index in [-0.39, 0.29) is 11.8 Å². The summed E-state index contributed by atoms with van der Waals surface area (Å²) in [6.45, 7) is 3.42. The molecule has 1 saturated heterocycles. The molecule has 1 fully saturated rings. The average molecular weight is 443 g/mol. The van der Waals surface area contributed by atoms with E-state index in [1.165, 1.54) is 0 Å². The minimum absolute atomic E-state index is 0.00815. The topological polar surface area (TPSA) is 58.6 Å². The van der Waals surface area contributed by atoms with Crippen molar-refractivity contribution in [3.05, 3.63) is 90.0 Å². The molecule has 0 spiro atoms. The number of ether oxygens (including phenoxy) is 1. The van der Waals surface area contributed by atoms with Gasteiger partial charge in [-0.3, -0.25) is 9.59 Å². The molecule has 0 unspecified atom stereocenters. The van der Waals surface area contributed by atoms with Crippen LogP contribution < -0.4 is 10.1 Å². The van der Waals surface area contributed by atoms with E-state index in [1.807, 2.05) is 49.4 Å². The Morgan fingerprint density at radius 2 is 1.76 bits per heavy atom. The van der Waals surface area contributed by atoms with Crippen LogP contribution in [0.2, 0.25) is 0 Å².